The average molecular weight is 285 g/mol. The molecule has 0 atom stereocenters. The van der Waals surface area contributed by atoms with E-state index in [2.05, 4.69) is 74.2 Å². The van der Waals surface area contributed by atoms with Gasteiger partial charge in [0.15, 0.2) is 0 Å². The summed E-state index contributed by atoms with van der Waals surface area (Å²) in [5.74, 6) is 1.04. The Labute approximate surface area is 128 Å². The van der Waals surface area contributed by atoms with Crippen molar-refractivity contribution in [3.8, 4) is 11.3 Å². The van der Waals surface area contributed by atoms with Gasteiger partial charge in [-0.25, -0.2) is 4.98 Å². The minimum atomic E-state index is 0.195. The van der Waals surface area contributed by atoms with Crippen LogP contribution in [-0.2, 0) is 11.8 Å². The molecule has 0 fully saturated rings. The maximum atomic E-state index is 4.47. The summed E-state index contributed by atoms with van der Waals surface area (Å²) >= 11 is 0. The van der Waals surface area contributed by atoms with Crippen LogP contribution in [0.2, 0.25) is 0 Å². The smallest absolute Gasteiger partial charge is 0.107 e. The average Bonchev–Trinajstić information content (AvgIpc) is 2.86. The molecule has 0 radical (unpaired) electrons. The van der Waals surface area contributed by atoms with Crippen LogP contribution in [0.4, 0.5) is 0 Å². The fourth-order valence-corrected chi connectivity index (χ4v) is 2.27. The number of hydrogen-bond donors (Lipinski definition) is 2. The number of H-pyrrole nitrogens is 1. The van der Waals surface area contributed by atoms with Crippen LogP contribution in [-0.4, -0.2) is 22.6 Å². The lowest BCUT2D eigenvalue weighted by atomic mass is 9.86. The van der Waals surface area contributed by atoms with Crippen molar-refractivity contribution < 1.29 is 0 Å². The van der Waals surface area contributed by atoms with E-state index in [0.717, 1.165) is 24.5 Å². The highest BCUT2D eigenvalue weighted by Gasteiger charge is 2.13. The van der Waals surface area contributed by atoms with Gasteiger partial charge in [0.2, 0.25) is 0 Å². The Morgan fingerprint density at radius 1 is 1.14 bits per heavy atom. The molecule has 1 heterocycles. The minimum Gasteiger partial charge on any atom is -0.342 e. The number of imidazole rings is 1. The second-order valence-electron chi connectivity index (χ2n) is 6.93. The van der Waals surface area contributed by atoms with Crippen LogP contribution in [0.1, 0.15) is 46.0 Å². The van der Waals surface area contributed by atoms with Gasteiger partial charge >= 0.3 is 0 Å². The number of aromatic nitrogens is 2. The van der Waals surface area contributed by atoms with Crippen LogP contribution < -0.4 is 5.32 Å². The molecule has 0 aliphatic heterocycles. The van der Waals surface area contributed by atoms with Crippen molar-refractivity contribution in [2.45, 2.75) is 52.5 Å². The highest BCUT2D eigenvalue weighted by Crippen LogP contribution is 2.25. The van der Waals surface area contributed by atoms with Crippen molar-refractivity contribution in [2.24, 2.45) is 0 Å². The highest BCUT2D eigenvalue weighted by atomic mass is 14.9. The molecule has 2 aromatic rings. The van der Waals surface area contributed by atoms with Gasteiger partial charge < -0.3 is 10.3 Å². The van der Waals surface area contributed by atoms with Gasteiger partial charge in [-0.1, -0.05) is 58.9 Å². The van der Waals surface area contributed by atoms with E-state index >= 15 is 0 Å². The lowest BCUT2D eigenvalue weighted by molar-refractivity contribution is 0.584. The number of nitrogens with zero attached hydrogens (tertiary/aromatic N) is 1. The Bertz CT molecular complexity index is 559. The van der Waals surface area contributed by atoms with Crippen LogP contribution >= 0.6 is 0 Å². The molecule has 3 heteroatoms. The zero-order chi connectivity index (χ0) is 15.5. The number of benzene rings is 1. The molecule has 0 unspecified atom stereocenters. The van der Waals surface area contributed by atoms with Crippen LogP contribution in [0, 0.1) is 0 Å². The van der Waals surface area contributed by atoms with Gasteiger partial charge in [-0.3, -0.25) is 0 Å². The molecule has 1 aromatic heterocycles. The Morgan fingerprint density at radius 3 is 2.38 bits per heavy atom. The predicted molar refractivity (Wildman–Crippen MR) is 89.6 cm³/mol. The van der Waals surface area contributed by atoms with E-state index in [4.69, 9.17) is 0 Å². The summed E-state index contributed by atoms with van der Waals surface area (Å²) in [6.45, 7) is 12.0. The first kappa shape index (κ1) is 15.8. The molecule has 0 saturated heterocycles. The third-order valence-electron chi connectivity index (χ3n) is 3.60. The largest absolute Gasteiger partial charge is 0.342 e. The highest BCUT2D eigenvalue weighted by molar-refractivity contribution is 5.59. The van der Waals surface area contributed by atoms with Gasteiger partial charge in [0.05, 0.1) is 11.9 Å². The molecule has 0 aliphatic carbocycles. The maximum absolute atomic E-state index is 4.47. The first-order valence-corrected chi connectivity index (χ1v) is 7.74. The van der Waals surface area contributed by atoms with Gasteiger partial charge in [0, 0.05) is 19.0 Å². The molecule has 0 aliphatic rings. The van der Waals surface area contributed by atoms with Crippen LogP contribution in [0.25, 0.3) is 11.3 Å². The van der Waals surface area contributed by atoms with Crippen LogP contribution in [0.5, 0.6) is 0 Å². The number of nitrogens with one attached hydrogen (secondary N) is 2. The van der Waals surface area contributed by atoms with E-state index in [9.17, 15) is 0 Å². The van der Waals surface area contributed by atoms with Crippen molar-refractivity contribution in [3.63, 3.8) is 0 Å². The molecular formula is C18H27N3. The molecule has 2 N–H and O–H groups in total. The zero-order valence-electron chi connectivity index (χ0n) is 13.8. The predicted octanol–water partition coefficient (Wildman–Crippen LogP) is 3.91. The third-order valence-corrected chi connectivity index (χ3v) is 3.60. The standard InChI is InChI=1S/C18H27N3/c1-13(2)19-11-10-17-20-12-16(21-17)14-6-8-15(9-7-14)18(3,4)5/h6-9,12-13,19H,10-11H2,1-5H3,(H,20,21). The van der Waals surface area contributed by atoms with Crippen molar-refractivity contribution >= 4 is 0 Å². The summed E-state index contributed by atoms with van der Waals surface area (Å²) in [5.41, 5.74) is 3.83. The summed E-state index contributed by atoms with van der Waals surface area (Å²) in [4.78, 5) is 7.88. The van der Waals surface area contributed by atoms with Crippen LogP contribution in [0.15, 0.2) is 30.5 Å². The number of aromatic amines is 1. The number of rotatable bonds is 5. The molecule has 1 aromatic carbocycles. The maximum Gasteiger partial charge on any atom is 0.107 e. The summed E-state index contributed by atoms with van der Waals surface area (Å²) in [6, 6.07) is 9.27. The lowest BCUT2D eigenvalue weighted by Gasteiger charge is -2.18. The van der Waals surface area contributed by atoms with Gasteiger partial charge in [-0.2, -0.15) is 0 Å². The quantitative estimate of drug-likeness (QED) is 0.874. The van der Waals surface area contributed by atoms with E-state index in [1.807, 2.05) is 6.20 Å². The van der Waals surface area contributed by atoms with E-state index < -0.39 is 0 Å². The van der Waals surface area contributed by atoms with E-state index in [1.54, 1.807) is 0 Å². The first-order chi connectivity index (χ1) is 9.86. The molecule has 3 nitrogen and oxygen atoms in total. The Kier molecular flexibility index (Phi) is 4.84. The molecule has 0 amide bonds. The van der Waals surface area contributed by atoms with Crippen LogP contribution in [0.3, 0.4) is 0 Å². The number of hydrogen-bond acceptors (Lipinski definition) is 2. The molecule has 2 rings (SSSR count). The van der Waals surface area contributed by atoms with Crippen molar-refractivity contribution in [1.82, 2.24) is 15.3 Å². The Hall–Kier alpha value is -1.61. The molecule has 0 bridgehead atoms. The topological polar surface area (TPSA) is 40.7 Å². The third kappa shape index (κ3) is 4.43. The molecule has 21 heavy (non-hydrogen) atoms. The van der Waals surface area contributed by atoms with Crippen molar-refractivity contribution in [3.05, 3.63) is 41.9 Å². The van der Waals surface area contributed by atoms with E-state index in [1.165, 1.54) is 11.1 Å². The van der Waals surface area contributed by atoms with Gasteiger partial charge in [0.25, 0.3) is 0 Å². The van der Waals surface area contributed by atoms with Gasteiger partial charge in [-0.05, 0) is 16.5 Å². The summed E-state index contributed by atoms with van der Waals surface area (Å²) in [6.07, 6.45) is 2.86. The van der Waals surface area contributed by atoms with Crippen molar-refractivity contribution in [2.75, 3.05) is 6.54 Å². The van der Waals surface area contributed by atoms with Gasteiger partial charge in [-0.15, -0.1) is 0 Å². The Balaban J connectivity index is 2.04. The fraction of sp³-hybridized carbons (Fsp3) is 0.500. The molecule has 114 valence electrons. The normalized spacial score (nSPS) is 12.1. The summed E-state index contributed by atoms with van der Waals surface area (Å²) in [5, 5.41) is 3.41. The molecule has 0 spiro atoms. The monoisotopic (exact) mass is 285 g/mol. The SMILES string of the molecule is CC(C)NCCc1ncc(-c2ccc(C(C)(C)C)cc2)[nH]1. The zero-order valence-corrected chi connectivity index (χ0v) is 13.8. The second kappa shape index (κ2) is 6.44. The van der Waals surface area contributed by atoms with E-state index in [0.29, 0.717) is 6.04 Å². The van der Waals surface area contributed by atoms with Crippen molar-refractivity contribution in [1.29, 1.82) is 0 Å². The fourth-order valence-electron chi connectivity index (χ4n) is 2.27. The second-order valence-corrected chi connectivity index (χ2v) is 6.93. The molecular weight excluding hydrogens is 258 g/mol. The lowest BCUT2D eigenvalue weighted by Crippen LogP contribution is -2.25. The Morgan fingerprint density at radius 2 is 1.81 bits per heavy atom. The molecule has 0 saturated carbocycles. The minimum absolute atomic E-state index is 0.195. The van der Waals surface area contributed by atoms with Gasteiger partial charge in [0.1, 0.15) is 5.82 Å². The summed E-state index contributed by atoms with van der Waals surface area (Å²) in [7, 11) is 0. The first-order valence-electron chi connectivity index (χ1n) is 7.74. The van der Waals surface area contributed by atoms with E-state index in [-0.39, 0.29) is 5.41 Å². The summed E-state index contributed by atoms with van der Waals surface area (Å²) < 4.78 is 0.